The summed E-state index contributed by atoms with van der Waals surface area (Å²) in [4.78, 5) is 14.0. The van der Waals surface area contributed by atoms with Crippen LogP contribution in [0.15, 0.2) is 35.4 Å². The number of aromatic nitrogens is 1. The number of aromatic carboxylic acids is 1. The molecule has 7 heteroatoms. The van der Waals surface area contributed by atoms with Gasteiger partial charge in [-0.3, -0.25) is 4.72 Å². The summed E-state index contributed by atoms with van der Waals surface area (Å²) in [7, 11) is -3.82. The highest BCUT2D eigenvalue weighted by Crippen LogP contribution is 2.24. The predicted octanol–water partition coefficient (Wildman–Crippen LogP) is 2.13. The fourth-order valence-corrected chi connectivity index (χ4v) is 3.25. The van der Waals surface area contributed by atoms with Gasteiger partial charge in [0.05, 0.1) is 10.6 Å². The SMILES string of the molecule is Cc1ccccc1S(=O)(=O)Nc1c[nH]c(C)c1C(=O)O. The van der Waals surface area contributed by atoms with Crippen molar-refractivity contribution in [3.8, 4) is 0 Å². The highest BCUT2D eigenvalue weighted by atomic mass is 32.2. The highest BCUT2D eigenvalue weighted by Gasteiger charge is 2.22. The van der Waals surface area contributed by atoms with Crippen LogP contribution in [0.2, 0.25) is 0 Å². The topological polar surface area (TPSA) is 99.3 Å². The Kier molecular flexibility index (Phi) is 3.54. The largest absolute Gasteiger partial charge is 0.478 e. The van der Waals surface area contributed by atoms with Gasteiger partial charge in [-0.15, -0.1) is 0 Å². The van der Waals surface area contributed by atoms with E-state index >= 15 is 0 Å². The molecule has 0 radical (unpaired) electrons. The van der Waals surface area contributed by atoms with E-state index in [-0.39, 0.29) is 16.1 Å². The van der Waals surface area contributed by atoms with E-state index in [1.807, 2.05) is 0 Å². The molecule has 0 amide bonds. The summed E-state index contributed by atoms with van der Waals surface area (Å²) in [6.07, 6.45) is 1.33. The molecule has 2 rings (SSSR count). The van der Waals surface area contributed by atoms with Gasteiger partial charge < -0.3 is 10.1 Å². The van der Waals surface area contributed by atoms with Gasteiger partial charge in [0.15, 0.2) is 0 Å². The van der Waals surface area contributed by atoms with E-state index in [1.54, 1.807) is 32.0 Å². The number of aryl methyl sites for hydroxylation is 2. The standard InChI is InChI=1S/C13H14N2O4S/c1-8-5-3-4-6-11(8)20(18,19)15-10-7-14-9(2)12(10)13(16)17/h3-7,14-15H,1-2H3,(H,16,17). The van der Waals surface area contributed by atoms with Crippen LogP contribution in [0.5, 0.6) is 0 Å². The molecule has 106 valence electrons. The van der Waals surface area contributed by atoms with Crippen molar-refractivity contribution in [1.29, 1.82) is 0 Å². The van der Waals surface area contributed by atoms with Gasteiger partial charge in [0.25, 0.3) is 10.0 Å². The van der Waals surface area contributed by atoms with E-state index in [0.717, 1.165) is 0 Å². The molecule has 1 aromatic heterocycles. The average Bonchev–Trinajstić information content (AvgIpc) is 2.70. The Morgan fingerprint density at radius 2 is 1.90 bits per heavy atom. The van der Waals surface area contributed by atoms with Crippen LogP contribution in [0.25, 0.3) is 0 Å². The van der Waals surface area contributed by atoms with Crippen molar-refractivity contribution < 1.29 is 18.3 Å². The van der Waals surface area contributed by atoms with Crippen LogP contribution in [0.4, 0.5) is 5.69 Å². The zero-order valence-corrected chi connectivity index (χ0v) is 11.8. The molecule has 0 aliphatic heterocycles. The third-order valence-corrected chi connectivity index (χ3v) is 4.44. The van der Waals surface area contributed by atoms with Gasteiger partial charge in [0.2, 0.25) is 0 Å². The lowest BCUT2D eigenvalue weighted by Crippen LogP contribution is -2.15. The van der Waals surface area contributed by atoms with Crippen molar-refractivity contribution in [2.75, 3.05) is 4.72 Å². The lowest BCUT2D eigenvalue weighted by Gasteiger charge is -2.09. The number of sulfonamides is 1. The third kappa shape index (κ3) is 2.53. The summed E-state index contributed by atoms with van der Waals surface area (Å²) in [6.45, 7) is 3.24. The first-order valence-corrected chi connectivity index (χ1v) is 7.31. The van der Waals surface area contributed by atoms with E-state index in [1.165, 1.54) is 12.3 Å². The fourth-order valence-electron chi connectivity index (χ4n) is 1.94. The van der Waals surface area contributed by atoms with Gasteiger partial charge in [-0.2, -0.15) is 0 Å². The summed E-state index contributed by atoms with van der Waals surface area (Å²) < 4.78 is 26.9. The van der Waals surface area contributed by atoms with Crippen LogP contribution in [0.3, 0.4) is 0 Å². The van der Waals surface area contributed by atoms with Gasteiger partial charge in [0, 0.05) is 11.9 Å². The number of rotatable bonds is 4. The van der Waals surface area contributed by atoms with E-state index < -0.39 is 16.0 Å². The normalized spacial score (nSPS) is 11.3. The Labute approximate surface area is 116 Å². The van der Waals surface area contributed by atoms with Crippen molar-refractivity contribution in [3.05, 3.63) is 47.3 Å². The number of aromatic amines is 1. The lowest BCUT2D eigenvalue weighted by molar-refractivity contribution is 0.0697. The smallest absolute Gasteiger partial charge is 0.339 e. The van der Waals surface area contributed by atoms with E-state index in [9.17, 15) is 13.2 Å². The number of anilines is 1. The molecule has 20 heavy (non-hydrogen) atoms. The molecule has 6 nitrogen and oxygen atoms in total. The molecule has 0 bridgehead atoms. The van der Waals surface area contributed by atoms with Crippen LogP contribution in [-0.4, -0.2) is 24.5 Å². The quantitative estimate of drug-likeness (QED) is 0.804. The Morgan fingerprint density at radius 1 is 1.25 bits per heavy atom. The Balaban J connectivity index is 2.45. The molecule has 1 aromatic carbocycles. The molecule has 0 unspecified atom stereocenters. The maximum absolute atomic E-state index is 12.3. The summed E-state index contributed by atoms with van der Waals surface area (Å²) in [5.41, 5.74) is 0.921. The molecule has 0 aliphatic carbocycles. The molecule has 0 aliphatic rings. The monoisotopic (exact) mass is 294 g/mol. The molecular weight excluding hydrogens is 280 g/mol. The van der Waals surface area contributed by atoms with Crippen LogP contribution >= 0.6 is 0 Å². The number of carboxylic acids is 1. The minimum absolute atomic E-state index is 0.0262. The molecule has 1 heterocycles. The van der Waals surface area contributed by atoms with Gasteiger partial charge in [-0.25, -0.2) is 13.2 Å². The molecule has 0 fully saturated rings. The maximum Gasteiger partial charge on any atom is 0.339 e. The minimum atomic E-state index is -3.82. The summed E-state index contributed by atoms with van der Waals surface area (Å²) in [5.74, 6) is -1.19. The number of carbonyl (C=O) groups is 1. The first-order valence-electron chi connectivity index (χ1n) is 5.82. The number of H-pyrrole nitrogens is 1. The third-order valence-electron chi connectivity index (χ3n) is 2.92. The van der Waals surface area contributed by atoms with E-state index in [4.69, 9.17) is 5.11 Å². The van der Waals surface area contributed by atoms with Crippen LogP contribution in [0.1, 0.15) is 21.6 Å². The number of hydrogen-bond donors (Lipinski definition) is 3. The summed E-state index contributed by atoms with van der Waals surface area (Å²) in [6, 6.07) is 6.49. The van der Waals surface area contributed by atoms with Crippen LogP contribution < -0.4 is 4.72 Å². The summed E-state index contributed by atoms with van der Waals surface area (Å²) >= 11 is 0. The number of hydrogen-bond acceptors (Lipinski definition) is 3. The first-order chi connectivity index (χ1) is 9.33. The second-order valence-electron chi connectivity index (χ2n) is 4.38. The maximum atomic E-state index is 12.3. The summed E-state index contributed by atoms with van der Waals surface area (Å²) in [5, 5.41) is 9.10. The Morgan fingerprint density at radius 3 is 2.50 bits per heavy atom. The van der Waals surface area contributed by atoms with Gasteiger partial charge >= 0.3 is 5.97 Å². The van der Waals surface area contributed by atoms with Crippen molar-refractivity contribution in [3.63, 3.8) is 0 Å². The molecular formula is C13H14N2O4S. The molecule has 0 saturated carbocycles. The first kappa shape index (κ1) is 14.1. The predicted molar refractivity (Wildman–Crippen MR) is 74.5 cm³/mol. The average molecular weight is 294 g/mol. The van der Waals surface area contributed by atoms with Gasteiger partial charge in [-0.05, 0) is 25.5 Å². The Bertz CT molecular complexity index is 762. The van der Waals surface area contributed by atoms with Crippen LogP contribution in [0, 0.1) is 13.8 Å². The highest BCUT2D eigenvalue weighted by molar-refractivity contribution is 7.92. The van der Waals surface area contributed by atoms with Crippen LogP contribution in [-0.2, 0) is 10.0 Å². The zero-order chi connectivity index (χ0) is 14.9. The number of nitrogens with one attached hydrogen (secondary N) is 2. The van der Waals surface area contributed by atoms with Crippen molar-refractivity contribution in [2.45, 2.75) is 18.7 Å². The molecule has 3 N–H and O–H groups in total. The van der Waals surface area contributed by atoms with Crippen molar-refractivity contribution >= 4 is 21.7 Å². The van der Waals surface area contributed by atoms with Gasteiger partial charge in [0.1, 0.15) is 5.56 Å². The Hall–Kier alpha value is -2.28. The number of benzene rings is 1. The van der Waals surface area contributed by atoms with Crippen molar-refractivity contribution in [1.82, 2.24) is 4.98 Å². The second-order valence-corrected chi connectivity index (χ2v) is 6.03. The van der Waals surface area contributed by atoms with E-state index in [2.05, 4.69) is 9.71 Å². The zero-order valence-electron chi connectivity index (χ0n) is 11.0. The molecule has 2 aromatic rings. The molecule has 0 atom stereocenters. The van der Waals surface area contributed by atoms with Gasteiger partial charge in [-0.1, -0.05) is 18.2 Å². The molecule has 0 spiro atoms. The lowest BCUT2D eigenvalue weighted by atomic mass is 10.2. The minimum Gasteiger partial charge on any atom is -0.478 e. The molecule has 0 saturated heterocycles. The fraction of sp³-hybridized carbons (Fsp3) is 0.154. The number of carboxylic acid groups (broad SMARTS) is 1. The van der Waals surface area contributed by atoms with Crippen molar-refractivity contribution in [2.24, 2.45) is 0 Å². The van der Waals surface area contributed by atoms with E-state index in [0.29, 0.717) is 11.3 Å². The second kappa shape index (κ2) is 5.01.